The van der Waals surface area contributed by atoms with Crippen molar-refractivity contribution < 1.29 is 19.1 Å². The van der Waals surface area contributed by atoms with Crippen LogP contribution in [0, 0.1) is 0 Å². The third kappa shape index (κ3) is 5.40. The summed E-state index contributed by atoms with van der Waals surface area (Å²) >= 11 is 0. The molecule has 0 saturated carbocycles. The standard InChI is InChI=1S/C16H18N2O4/c1-13(19)10-16(20)22-9-8-21-15-4-2-14(3-5-15)11-18-7-6-17-12-18/h2-7,12H,8-11H2,1H3. The van der Waals surface area contributed by atoms with E-state index in [4.69, 9.17) is 9.47 Å². The molecule has 0 bridgehead atoms. The maximum atomic E-state index is 11.2. The molecule has 2 aromatic rings. The van der Waals surface area contributed by atoms with Crippen molar-refractivity contribution in [2.24, 2.45) is 0 Å². The average molecular weight is 302 g/mol. The zero-order valence-corrected chi connectivity index (χ0v) is 12.4. The van der Waals surface area contributed by atoms with Crippen LogP contribution in [0.5, 0.6) is 5.75 Å². The SMILES string of the molecule is CC(=O)CC(=O)OCCOc1ccc(Cn2ccnc2)cc1. The van der Waals surface area contributed by atoms with Gasteiger partial charge in [-0.25, -0.2) is 4.98 Å². The van der Waals surface area contributed by atoms with Crippen molar-refractivity contribution >= 4 is 11.8 Å². The van der Waals surface area contributed by atoms with E-state index in [1.165, 1.54) is 6.92 Å². The van der Waals surface area contributed by atoms with E-state index in [1.807, 2.05) is 35.0 Å². The van der Waals surface area contributed by atoms with Gasteiger partial charge in [0.15, 0.2) is 0 Å². The van der Waals surface area contributed by atoms with E-state index >= 15 is 0 Å². The monoisotopic (exact) mass is 302 g/mol. The topological polar surface area (TPSA) is 70.4 Å². The first-order valence-electron chi connectivity index (χ1n) is 6.96. The first-order chi connectivity index (χ1) is 10.6. The molecule has 0 saturated heterocycles. The summed E-state index contributed by atoms with van der Waals surface area (Å²) in [5.74, 6) is -0.0248. The Balaban J connectivity index is 1.70. The van der Waals surface area contributed by atoms with E-state index in [1.54, 1.807) is 12.5 Å². The predicted octanol–water partition coefficient (Wildman–Crippen LogP) is 1.83. The van der Waals surface area contributed by atoms with Crippen molar-refractivity contribution in [3.8, 4) is 5.75 Å². The lowest BCUT2D eigenvalue weighted by atomic mass is 10.2. The Hall–Kier alpha value is -2.63. The second kappa shape index (κ2) is 7.97. The molecule has 0 N–H and O–H groups in total. The van der Waals surface area contributed by atoms with Gasteiger partial charge in [-0.05, 0) is 24.6 Å². The van der Waals surface area contributed by atoms with Crippen molar-refractivity contribution in [2.45, 2.75) is 19.9 Å². The fourth-order valence-electron chi connectivity index (χ4n) is 1.85. The molecule has 6 heteroatoms. The number of ether oxygens (including phenoxy) is 2. The van der Waals surface area contributed by atoms with E-state index in [2.05, 4.69) is 4.98 Å². The zero-order chi connectivity index (χ0) is 15.8. The fourth-order valence-corrected chi connectivity index (χ4v) is 1.85. The van der Waals surface area contributed by atoms with Crippen LogP contribution >= 0.6 is 0 Å². The van der Waals surface area contributed by atoms with E-state index < -0.39 is 5.97 Å². The maximum Gasteiger partial charge on any atom is 0.313 e. The summed E-state index contributed by atoms with van der Waals surface area (Å²) in [7, 11) is 0. The quantitative estimate of drug-likeness (QED) is 0.423. The Morgan fingerprint density at radius 3 is 2.59 bits per heavy atom. The number of ketones is 1. The summed E-state index contributed by atoms with van der Waals surface area (Å²) in [6.45, 7) is 2.49. The number of benzene rings is 1. The van der Waals surface area contributed by atoms with Gasteiger partial charge in [-0.3, -0.25) is 9.59 Å². The van der Waals surface area contributed by atoms with Gasteiger partial charge in [0.25, 0.3) is 0 Å². The minimum Gasteiger partial charge on any atom is -0.490 e. The van der Waals surface area contributed by atoms with Crippen molar-refractivity contribution in [1.29, 1.82) is 0 Å². The van der Waals surface area contributed by atoms with Gasteiger partial charge in [0.1, 0.15) is 31.2 Å². The van der Waals surface area contributed by atoms with Gasteiger partial charge in [0.05, 0.1) is 6.33 Å². The van der Waals surface area contributed by atoms with Gasteiger partial charge in [0.2, 0.25) is 0 Å². The molecule has 116 valence electrons. The second-order valence-electron chi connectivity index (χ2n) is 4.83. The molecule has 0 spiro atoms. The molecule has 0 atom stereocenters. The average Bonchev–Trinajstić information content (AvgIpc) is 2.97. The smallest absolute Gasteiger partial charge is 0.313 e. The molecule has 22 heavy (non-hydrogen) atoms. The molecule has 0 amide bonds. The summed E-state index contributed by atoms with van der Waals surface area (Å²) in [6.07, 6.45) is 5.22. The molecule has 0 unspecified atom stereocenters. The summed E-state index contributed by atoms with van der Waals surface area (Å²) in [4.78, 5) is 25.9. The third-order valence-electron chi connectivity index (χ3n) is 2.86. The van der Waals surface area contributed by atoms with E-state index in [-0.39, 0.29) is 25.4 Å². The summed E-state index contributed by atoms with van der Waals surface area (Å²) in [5.41, 5.74) is 1.14. The Morgan fingerprint density at radius 1 is 1.18 bits per heavy atom. The number of rotatable bonds is 8. The highest BCUT2D eigenvalue weighted by molar-refractivity contribution is 5.94. The number of imidazole rings is 1. The van der Waals surface area contributed by atoms with Crippen molar-refractivity contribution in [2.75, 3.05) is 13.2 Å². The summed E-state index contributed by atoms with van der Waals surface area (Å²) < 4.78 is 12.3. The molecule has 0 aliphatic carbocycles. The van der Waals surface area contributed by atoms with Gasteiger partial charge < -0.3 is 14.0 Å². The summed E-state index contributed by atoms with van der Waals surface area (Å²) in [6, 6.07) is 7.67. The molecule has 1 heterocycles. The molecule has 2 rings (SSSR count). The lowest BCUT2D eigenvalue weighted by molar-refractivity contribution is -0.146. The van der Waals surface area contributed by atoms with Gasteiger partial charge in [-0.1, -0.05) is 12.1 Å². The van der Waals surface area contributed by atoms with Crippen molar-refractivity contribution in [3.63, 3.8) is 0 Å². The molecule has 0 aliphatic heterocycles. The number of hydrogen-bond donors (Lipinski definition) is 0. The van der Waals surface area contributed by atoms with Crippen LogP contribution in [0.2, 0.25) is 0 Å². The van der Waals surface area contributed by atoms with E-state index in [9.17, 15) is 9.59 Å². The second-order valence-corrected chi connectivity index (χ2v) is 4.83. The number of nitrogens with zero attached hydrogens (tertiary/aromatic N) is 2. The van der Waals surface area contributed by atoms with Crippen LogP contribution in [-0.4, -0.2) is 34.5 Å². The van der Waals surface area contributed by atoms with Crippen molar-refractivity contribution in [1.82, 2.24) is 9.55 Å². The van der Waals surface area contributed by atoms with Crippen LogP contribution in [-0.2, 0) is 20.9 Å². The Morgan fingerprint density at radius 2 is 1.95 bits per heavy atom. The highest BCUT2D eigenvalue weighted by Crippen LogP contribution is 2.13. The Labute approximate surface area is 128 Å². The number of Topliss-reactive ketones (excluding diaryl/α,β-unsaturated/α-hetero) is 1. The highest BCUT2D eigenvalue weighted by Gasteiger charge is 2.05. The van der Waals surface area contributed by atoms with Crippen molar-refractivity contribution in [3.05, 3.63) is 48.5 Å². The summed E-state index contributed by atoms with van der Waals surface area (Å²) in [5, 5.41) is 0. The van der Waals surface area contributed by atoms with E-state index in [0.717, 1.165) is 12.1 Å². The van der Waals surface area contributed by atoms with Gasteiger partial charge >= 0.3 is 5.97 Å². The zero-order valence-electron chi connectivity index (χ0n) is 12.4. The molecule has 0 radical (unpaired) electrons. The first-order valence-corrected chi connectivity index (χ1v) is 6.96. The Bertz CT molecular complexity index is 606. The fraction of sp³-hybridized carbons (Fsp3) is 0.312. The largest absolute Gasteiger partial charge is 0.490 e. The van der Waals surface area contributed by atoms with Crippen LogP contribution in [0.15, 0.2) is 43.0 Å². The number of hydrogen-bond acceptors (Lipinski definition) is 5. The normalized spacial score (nSPS) is 10.2. The first kappa shape index (κ1) is 15.8. The molecular weight excluding hydrogens is 284 g/mol. The van der Waals surface area contributed by atoms with Gasteiger partial charge in [0, 0.05) is 18.9 Å². The maximum absolute atomic E-state index is 11.2. The van der Waals surface area contributed by atoms with Crippen LogP contribution in [0.3, 0.4) is 0 Å². The van der Waals surface area contributed by atoms with Crippen LogP contribution in [0.25, 0.3) is 0 Å². The molecule has 6 nitrogen and oxygen atoms in total. The van der Waals surface area contributed by atoms with Crippen LogP contribution in [0.1, 0.15) is 18.9 Å². The van der Waals surface area contributed by atoms with Gasteiger partial charge in [-0.15, -0.1) is 0 Å². The molecule has 0 aliphatic rings. The van der Waals surface area contributed by atoms with Crippen LogP contribution < -0.4 is 4.74 Å². The minimum atomic E-state index is -0.521. The number of aromatic nitrogens is 2. The molecule has 0 fully saturated rings. The molecule has 1 aromatic heterocycles. The highest BCUT2D eigenvalue weighted by atomic mass is 16.6. The Kier molecular flexibility index (Phi) is 5.71. The minimum absolute atomic E-state index is 0.128. The third-order valence-corrected chi connectivity index (χ3v) is 2.86. The van der Waals surface area contributed by atoms with Crippen LogP contribution in [0.4, 0.5) is 0 Å². The molecule has 1 aromatic carbocycles. The number of carbonyl (C=O) groups excluding carboxylic acids is 2. The predicted molar refractivity (Wildman–Crippen MR) is 79.5 cm³/mol. The van der Waals surface area contributed by atoms with E-state index in [0.29, 0.717) is 5.75 Å². The molecular formula is C16H18N2O4. The van der Waals surface area contributed by atoms with Gasteiger partial charge in [-0.2, -0.15) is 0 Å². The lowest BCUT2D eigenvalue weighted by Crippen LogP contribution is -2.14. The lowest BCUT2D eigenvalue weighted by Gasteiger charge is -2.08. The number of carbonyl (C=O) groups is 2. The number of esters is 1.